The van der Waals surface area contributed by atoms with Crippen molar-refractivity contribution < 1.29 is 0 Å². The van der Waals surface area contributed by atoms with Crippen LogP contribution >= 0.6 is 15.9 Å². The van der Waals surface area contributed by atoms with Crippen molar-refractivity contribution in [2.45, 2.75) is 19.8 Å². The molecule has 2 rings (SSSR count). The molecule has 0 bridgehead atoms. The summed E-state index contributed by atoms with van der Waals surface area (Å²) >= 11 is 3.37. The summed E-state index contributed by atoms with van der Waals surface area (Å²) in [5, 5.41) is 4.42. The number of nitrogens with zero attached hydrogens (tertiary/aromatic N) is 4. The Kier molecular flexibility index (Phi) is 2.91. The SMILES string of the molecule is CC(C)c1ccn(-c2nc(N)ncc2Br)n1. The smallest absolute Gasteiger partial charge is 0.222 e. The molecule has 84 valence electrons. The first-order chi connectivity index (χ1) is 7.58. The summed E-state index contributed by atoms with van der Waals surface area (Å²) in [4.78, 5) is 8.02. The van der Waals surface area contributed by atoms with Gasteiger partial charge in [-0.1, -0.05) is 13.8 Å². The molecule has 0 aromatic carbocycles. The lowest BCUT2D eigenvalue weighted by atomic mass is 10.1. The van der Waals surface area contributed by atoms with E-state index in [1.165, 1.54) is 0 Å². The maximum atomic E-state index is 5.55. The van der Waals surface area contributed by atoms with E-state index in [4.69, 9.17) is 5.73 Å². The van der Waals surface area contributed by atoms with Gasteiger partial charge in [0.2, 0.25) is 5.95 Å². The third-order valence-electron chi connectivity index (χ3n) is 2.16. The summed E-state index contributed by atoms with van der Waals surface area (Å²) in [6.45, 7) is 4.19. The molecule has 5 nitrogen and oxygen atoms in total. The number of hydrogen-bond acceptors (Lipinski definition) is 4. The van der Waals surface area contributed by atoms with Crippen LogP contribution in [0, 0.1) is 0 Å². The molecule has 2 N–H and O–H groups in total. The second kappa shape index (κ2) is 4.21. The molecule has 0 spiro atoms. The molecule has 0 unspecified atom stereocenters. The average molecular weight is 282 g/mol. The molecule has 0 saturated carbocycles. The Morgan fingerprint density at radius 3 is 2.81 bits per heavy atom. The highest BCUT2D eigenvalue weighted by atomic mass is 79.9. The summed E-state index contributed by atoms with van der Waals surface area (Å²) in [5.74, 6) is 1.28. The van der Waals surface area contributed by atoms with Gasteiger partial charge in [0.25, 0.3) is 0 Å². The lowest BCUT2D eigenvalue weighted by molar-refractivity contribution is 0.754. The van der Waals surface area contributed by atoms with E-state index in [-0.39, 0.29) is 5.95 Å². The first-order valence-corrected chi connectivity index (χ1v) is 5.71. The Morgan fingerprint density at radius 1 is 1.44 bits per heavy atom. The molecule has 0 aliphatic carbocycles. The van der Waals surface area contributed by atoms with Crippen LogP contribution in [-0.4, -0.2) is 19.7 Å². The predicted octanol–water partition coefficient (Wildman–Crippen LogP) is 2.13. The highest BCUT2D eigenvalue weighted by Crippen LogP contribution is 2.19. The number of hydrogen-bond donors (Lipinski definition) is 1. The standard InChI is InChI=1S/C10H12BrN5/c1-6(2)8-3-4-16(15-8)9-7(11)5-13-10(12)14-9/h3-6H,1-2H3,(H2,12,13,14). The third kappa shape index (κ3) is 2.06. The van der Waals surface area contributed by atoms with Crippen molar-refractivity contribution in [1.82, 2.24) is 19.7 Å². The molecule has 0 amide bonds. The van der Waals surface area contributed by atoms with Crippen LogP contribution in [0.3, 0.4) is 0 Å². The molecule has 6 heteroatoms. The van der Waals surface area contributed by atoms with Gasteiger partial charge in [0.15, 0.2) is 5.82 Å². The predicted molar refractivity (Wildman–Crippen MR) is 65.4 cm³/mol. The summed E-state index contributed by atoms with van der Waals surface area (Å²) in [5.41, 5.74) is 6.56. The number of aromatic nitrogens is 4. The Labute approximate surface area is 102 Å². The molecule has 2 heterocycles. The van der Waals surface area contributed by atoms with Crippen LogP contribution in [-0.2, 0) is 0 Å². The van der Waals surface area contributed by atoms with E-state index < -0.39 is 0 Å². The zero-order valence-electron chi connectivity index (χ0n) is 9.05. The Morgan fingerprint density at radius 2 is 2.19 bits per heavy atom. The Bertz CT molecular complexity index is 506. The minimum Gasteiger partial charge on any atom is -0.368 e. The molecule has 0 aliphatic rings. The van der Waals surface area contributed by atoms with Crippen molar-refractivity contribution in [2.24, 2.45) is 0 Å². The van der Waals surface area contributed by atoms with Gasteiger partial charge >= 0.3 is 0 Å². The highest BCUT2D eigenvalue weighted by molar-refractivity contribution is 9.10. The topological polar surface area (TPSA) is 69.6 Å². The van der Waals surface area contributed by atoms with Crippen LogP contribution in [0.1, 0.15) is 25.5 Å². The van der Waals surface area contributed by atoms with Gasteiger partial charge in [0, 0.05) is 12.4 Å². The molecule has 2 aromatic heterocycles. The lowest BCUT2D eigenvalue weighted by Crippen LogP contribution is -2.04. The second-order valence-electron chi connectivity index (χ2n) is 3.74. The van der Waals surface area contributed by atoms with Gasteiger partial charge in [-0.15, -0.1) is 0 Å². The summed E-state index contributed by atoms with van der Waals surface area (Å²) in [6, 6.07) is 1.97. The van der Waals surface area contributed by atoms with E-state index in [9.17, 15) is 0 Å². The summed E-state index contributed by atoms with van der Waals surface area (Å²) in [6.07, 6.45) is 3.48. The van der Waals surface area contributed by atoms with Gasteiger partial charge in [-0.05, 0) is 27.9 Å². The van der Waals surface area contributed by atoms with Crippen LogP contribution in [0.25, 0.3) is 5.82 Å². The van der Waals surface area contributed by atoms with Crippen molar-refractivity contribution in [3.8, 4) is 5.82 Å². The normalized spacial score (nSPS) is 11.0. The number of nitrogen functional groups attached to an aromatic ring is 1. The fraction of sp³-hybridized carbons (Fsp3) is 0.300. The summed E-state index contributed by atoms with van der Waals surface area (Å²) < 4.78 is 2.46. The van der Waals surface area contributed by atoms with E-state index in [1.807, 2.05) is 12.3 Å². The van der Waals surface area contributed by atoms with Crippen molar-refractivity contribution in [1.29, 1.82) is 0 Å². The molecule has 0 aliphatic heterocycles. The molecule has 0 atom stereocenters. The molecule has 0 radical (unpaired) electrons. The van der Waals surface area contributed by atoms with Gasteiger partial charge in [-0.3, -0.25) is 0 Å². The molecule has 16 heavy (non-hydrogen) atoms. The zero-order chi connectivity index (χ0) is 11.7. The monoisotopic (exact) mass is 281 g/mol. The van der Waals surface area contributed by atoms with Crippen LogP contribution < -0.4 is 5.73 Å². The zero-order valence-corrected chi connectivity index (χ0v) is 10.6. The number of rotatable bonds is 2. The van der Waals surface area contributed by atoms with Crippen LogP contribution in [0.5, 0.6) is 0 Å². The van der Waals surface area contributed by atoms with Gasteiger partial charge in [0.1, 0.15) is 0 Å². The van der Waals surface area contributed by atoms with Gasteiger partial charge in [-0.2, -0.15) is 10.1 Å². The van der Waals surface area contributed by atoms with Crippen LogP contribution in [0.2, 0.25) is 0 Å². The van der Waals surface area contributed by atoms with Gasteiger partial charge in [-0.25, -0.2) is 9.67 Å². The van der Waals surface area contributed by atoms with Crippen molar-refractivity contribution >= 4 is 21.9 Å². The van der Waals surface area contributed by atoms with Crippen LogP contribution in [0.15, 0.2) is 22.9 Å². The van der Waals surface area contributed by atoms with Crippen molar-refractivity contribution in [3.05, 3.63) is 28.6 Å². The minimum absolute atomic E-state index is 0.236. The largest absolute Gasteiger partial charge is 0.368 e. The molecular weight excluding hydrogens is 270 g/mol. The van der Waals surface area contributed by atoms with E-state index in [0.29, 0.717) is 11.7 Å². The number of nitrogens with two attached hydrogens (primary N) is 1. The van der Waals surface area contributed by atoms with Gasteiger partial charge in [0.05, 0.1) is 10.2 Å². The third-order valence-corrected chi connectivity index (χ3v) is 2.72. The Balaban J connectivity index is 2.46. The maximum absolute atomic E-state index is 5.55. The van der Waals surface area contributed by atoms with E-state index in [0.717, 1.165) is 10.2 Å². The fourth-order valence-electron chi connectivity index (χ4n) is 1.30. The van der Waals surface area contributed by atoms with E-state index >= 15 is 0 Å². The maximum Gasteiger partial charge on any atom is 0.222 e. The Hall–Kier alpha value is -1.43. The van der Waals surface area contributed by atoms with Crippen molar-refractivity contribution in [2.75, 3.05) is 5.73 Å². The van der Waals surface area contributed by atoms with E-state index in [1.54, 1.807) is 10.9 Å². The van der Waals surface area contributed by atoms with Crippen molar-refractivity contribution in [3.63, 3.8) is 0 Å². The first-order valence-electron chi connectivity index (χ1n) is 4.92. The minimum atomic E-state index is 0.236. The first kappa shape index (κ1) is 11.1. The number of halogens is 1. The highest BCUT2D eigenvalue weighted by Gasteiger charge is 2.09. The summed E-state index contributed by atoms with van der Waals surface area (Å²) in [7, 11) is 0. The fourth-order valence-corrected chi connectivity index (χ4v) is 1.67. The average Bonchev–Trinajstić information content (AvgIpc) is 2.70. The second-order valence-corrected chi connectivity index (χ2v) is 4.59. The number of anilines is 1. The molecule has 0 fully saturated rings. The quantitative estimate of drug-likeness (QED) is 0.916. The van der Waals surface area contributed by atoms with Crippen LogP contribution in [0.4, 0.5) is 5.95 Å². The molecular formula is C10H12BrN5. The van der Waals surface area contributed by atoms with Gasteiger partial charge < -0.3 is 5.73 Å². The molecule has 2 aromatic rings. The molecule has 0 saturated heterocycles. The lowest BCUT2D eigenvalue weighted by Gasteiger charge is -2.04. The van der Waals surface area contributed by atoms with E-state index in [2.05, 4.69) is 44.8 Å².